The Hall–Kier alpha value is -0.650. The van der Waals surface area contributed by atoms with E-state index in [0.717, 1.165) is 13.0 Å². The number of hydrogen-bond donors (Lipinski definition) is 2. The van der Waals surface area contributed by atoms with Crippen LogP contribution in [0.4, 0.5) is 0 Å². The SMILES string of the molecule is CC(O)(CN)C(=O)OCC1CCOC1. The van der Waals surface area contributed by atoms with Gasteiger partial charge in [0.2, 0.25) is 0 Å². The van der Waals surface area contributed by atoms with E-state index in [9.17, 15) is 9.90 Å². The molecule has 0 spiro atoms. The topological polar surface area (TPSA) is 81.8 Å². The van der Waals surface area contributed by atoms with Gasteiger partial charge in [0.25, 0.3) is 0 Å². The maximum atomic E-state index is 11.3. The largest absolute Gasteiger partial charge is 0.463 e. The second kappa shape index (κ2) is 4.72. The van der Waals surface area contributed by atoms with Crippen molar-refractivity contribution in [1.29, 1.82) is 0 Å². The number of nitrogens with two attached hydrogens (primary N) is 1. The van der Waals surface area contributed by atoms with Crippen LogP contribution < -0.4 is 5.73 Å². The highest BCUT2D eigenvalue weighted by atomic mass is 16.6. The molecule has 0 aromatic heterocycles. The second-order valence-electron chi connectivity index (χ2n) is 3.81. The molecule has 1 saturated heterocycles. The summed E-state index contributed by atoms with van der Waals surface area (Å²) in [6.07, 6.45) is 0.901. The Morgan fingerprint density at radius 3 is 3.00 bits per heavy atom. The van der Waals surface area contributed by atoms with E-state index < -0.39 is 11.6 Å². The van der Waals surface area contributed by atoms with E-state index in [1.807, 2.05) is 0 Å². The summed E-state index contributed by atoms with van der Waals surface area (Å²) < 4.78 is 10.1. The molecule has 5 heteroatoms. The van der Waals surface area contributed by atoms with Crippen molar-refractivity contribution in [1.82, 2.24) is 0 Å². The lowest BCUT2D eigenvalue weighted by Gasteiger charge is -2.19. The van der Waals surface area contributed by atoms with Crippen LogP contribution in [0.25, 0.3) is 0 Å². The number of esters is 1. The van der Waals surface area contributed by atoms with Gasteiger partial charge in [0.1, 0.15) is 0 Å². The van der Waals surface area contributed by atoms with Crippen molar-refractivity contribution in [3.8, 4) is 0 Å². The molecule has 2 unspecified atom stereocenters. The van der Waals surface area contributed by atoms with E-state index in [1.165, 1.54) is 6.92 Å². The van der Waals surface area contributed by atoms with Gasteiger partial charge in [-0.2, -0.15) is 0 Å². The Morgan fingerprint density at radius 2 is 2.50 bits per heavy atom. The molecule has 1 heterocycles. The van der Waals surface area contributed by atoms with Gasteiger partial charge in [-0.3, -0.25) is 0 Å². The Bertz CT molecular complexity index is 199. The zero-order valence-electron chi connectivity index (χ0n) is 8.36. The Morgan fingerprint density at radius 1 is 1.79 bits per heavy atom. The minimum absolute atomic E-state index is 0.132. The number of carbonyl (C=O) groups is 1. The van der Waals surface area contributed by atoms with Crippen LogP contribution in [-0.2, 0) is 14.3 Å². The first-order chi connectivity index (χ1) is 6.56. The predicted octanol–water partition coefficient (Wildman–Crippen LogP) is -0.724. The second-order valence-corrected chi connectivity index (χ2v) is 3.81. The number of hydrogen-bond acceptors (Lipinski definition) is 5. The quantitative estimate of drug-likeness (QED) is 0.589. The van der Waals surface area contributed by atoms with Crippen LogP contribution in [0.3, 0.4) is 0 Å². The minimum atomic E-state index is -1.57. The standard InChI is InChI=1S/C9H17NO4/c1-9(12,6-10)8(11)14-5-7-2-3-13-4-7/h7,12H,2-6,10H2,1H3. The van der Waals surface area contributed by atoms with Gasteiger partial charge in [-0.25, -0.2) is 4.79 Å². The number of rotatable bonds is 4. The first kappa shape index (κ1) is 11.4. The van der Waals surface area contributed by atoms with Crippen molar-refractivity contribution in [2.45, 2.75) is 18.9 Å². The summed E-state index contributed by atoms with van der Waals surface area (Å²) in [4.78, 5) is 11.3. The smallest absolute Gasteiger partial charge is 0.339 e. The highest BCUT2D eigenvalue weighted by molar-refractivity contribution is 5.79. The van der Waals surface area contributed by atoms with Gasteiger partial charge < -0.3 is 20.3 Å². The molecule has 0 radical (unpaired) electrons. The van der Waals surface area contributed by atoms with Crippen LogP contribution in [0.15, 0.2) is 0 Å². The van der Waals surface area contributed by atoms with E-state index in [-0.39, 0.29) is 12.5 Å². The zero-order chi connectivity index (χ0) is 10.6. The van der Waals surface area contributed by atoms with Crippen molar-refractivity contribution in [2.75, 3.05) is 26.4 Å². The Kier molecular flexibility index (Phi) is 3.86. The molecule has 82 valence electrons. The molecular formula is C9H17NO4. The van der Waals surface area contributed by atoms with Crippen LogP contribution in [0.1, 0.15) is 13.3 Å². The monoisotopic (exact) mass is 203 g/mol. The molecule has 3 N–H and O–H groups in total. The summed E-state index contributed by atoms with van der Waals surface area (Å²) in [5.41, 5.74) is 3.65. The van der Waals surface area contributed by atoms with Gasteiger partial charge in [-0.05, 0) is 13.3 Å². The van der Waals surface area contributed by atoms with Crippen molar-refractivity contribution >= 4 is 5.97 Å². The fraction of sp³-hybridized carbons (Fsp3) is 0.889. The lowest BCUT2D eigenvalue weighted by atomic mass is 10.1. The van der Waals surface area contributed by atoms with Crippen LogP contribution >= 0.6 is 0 Å². The lowest BCUT2D eigenvalue weighted by Crippen LogP contribution is -2.44. The fourth-order valence-corrected chi connectivity index (χ4v) is 1.15. The van der Waals surface area contributed by atoms with E-state index >= 15 is 0 Å². The van der Waals surface area contributed by atoms with Gasteiger partial charge in [0, 0.05) is 19.1 Å². The van der Waals surface area contributed by atoms with E-state index in [0.29, 0.717) is 13.2 Å². The maximum Gasteiger partial charge on any atom is 0.339 e. The zero-order valence-corrected chi connectivity index (χ0v) is 8.36. The third-order valence-corrected chi connectivity index (χ3v) is 2.31. The number of carbonyl (C=O) groups excluding carboxylic acids is 1. The van der Waals surface area contributed by atoms with Crippen molar-refractivity contribution < 1.29 is 19.4 Å². The van der Waals surface area contributed by atoms with Crippen molar-refractivity contribution in [2.24, 2.45) is 11.7 Å². The summed E-state index contributed by atoms with van der Waals surface area (Å²) in [6.45, 7) is 2.86. The summed E-state index contributed by atoms with van der Waals surface area (Å²) in [6, 6.07) is 0. The van der Waals surface area contributed by atoms with Gasteiger partial charge in [0.15, 0.2) is 5.60 Å². The number of aliphatic hydroxyl groups is 1. The molecule has 1 aliphatic rings. The van der Waals surface area contributed by atoms with Crippen LogP contribution in [0.5, 0.6) is 0 Å². The van der Waals surface area contributed by atoms with Crippen LogP contribution in [-0.4, -0.2) is 43.0 Å². The van der Waals surface area contributed by atoms with Crippen LogP contribution in [0, 0.1) is 5.92 Å². The Balaban J connectivity index is 2.26. The van der Waals surface area contributed by atoms with Crippen LogP contribution in [0.2, 0.25) is 0 Å². The molecule has 2 atom stereocenters. The molecule has 0 saturated carbocycles. The van der Waals surface area contributed by atoms with Gasteiger partial charge in [-0.15, -0.1) is 0 Å². The average molecular weight is 203 g/mol. The molecule has 0 amide bonds. The van der Waals surface area contributed by atoms with Crippen molar-refractivity contribution in [3.63, 3.8) is 0 Å². The first-order valence-electron chi connectivity index (χ1n) is 4.73. The first-order valence-corrected chi connectivity index (χ1v) is 4.73. The summed E-state index contributed by atoms with van der Waals surface area (Å²) >= 11 is 0. The summed E-state index contributed by atoms with van der Waals surface area (Å²) in [5, 5.41) is 9.43. The van der Waals surface area contributed by atoms with E-state index in [4.69, 9.17) is 15.2 Å². The predicted molar refractivity (Wildman–Crippen MR) is 49.6 cm³/mol. The van der Waals surface area contributed by atoms with Gasteiger partial charge >= 0.3 is 5.97 Å². The molecule has 1 fully saturated rings. The maximum absolute atomic E-state index is 11.3. The number of ether oxygens (including phenoxy) is 2. The third kappa shape index (κ3) is 2.94. The lowest BCUT2D eigenvalue weighted by molar-refractivity contribution is -0.164. The summed E-state index contributed by atoms with van der Waals surface area (Å²) in [5.74, 6) is -0.403. The van der Waals surface area contributed by atoms with Gasteiger partial charge in [-0.1, -0.05) is 0 Å². The molecular weight excluding hydrogens is 186 g/mol. The molecule has 0 aromatic rings. The molecule has 0 aliphatic carbocycles. The van der Waals surface area contributed by atoms with E-state index in [2.05, 4.69) is 0 Å². The molecule has 14 heavy (non-hydrogen) atoms. The third-order valence-electron chi connectivity index (χ3n) is 2.31. The Labute approximate surface area is 83.2 Å². The average Bonchev–Trinajstić information content (AvgIpc) is 2.66. The normalized spacial score (nSPS) is 25.8. The fourth-order valence-electron chi connectivity index (χ4n) is 1.15. The highest BCUT2D eigenvalue weighted by Crippen LogP contribution is 2.13. The molecule has 0 aromatic carbocycles. The molecule has 1 aliphatic heterocycles. The molecule has 5 nitrogen and oxygen atoms in total. The summed E-state index contributed by atoms with van der Waals surface area (Å²) in [7, 11) is 0. The highest BCUT2D eigenvalue weighted by Gasteiger charge is 2.31. The molecule has 0 bridgehead atoms. The van der Waals surface area contributed by atoms with E-state index in [1.54, 1.807) is 0 Å². The van der Waals surface area contributed by atoms with Gasteiger partial charge in [0.05, 0.1) is 13.2 Å². The molecule has 1 rings (SSSR count). The minimum Gasteiger partial charge on any atom is -0.463 e. The van der Waals surface area contributed by atoms with Crippen molar-refractivity contribution in [3.05, 3.63) is 0 Å².